The van der Waals surface area contributed by atoms with Crippen molar-refractivity contribution in [2.75, 3.05) is 6.54 Å². The van der Waals surface area contributed by atoms with Gasteiger partial charge in [0.2, 0.25) is 0 Å². The molecule has 68 valence electrons. The van der Waals surface area contributed by atoms with Gasteiger partial charge in [-0.15, -0.1) is 0 Å². The van der Waals surface area contributed by atoms with Crippen molar-refractivity contribution in [2.45, 2.75) is 6.23 Å². The van der Waals surface area contributed by atoms with Crippen LogP contribution in [0.2, 0.25) is 0 Å². The number of fused-ring (bicyclic) bond motifs is 1. The zero-order valence-corrected chi connectivity index (χ0v) is 7.22. The predicted octanol–water partition coefficient (Wildman–Crippen LogP) is 1.09. The molecule has 0 aliphatic carbocycles. The number of para-hydroxylation sites is 1. The Labute approximate surface area is 76.4 Å². The molecule has 1 aromatic carbocycles. The standard InChI is InChI=1S/C10H12N2O/c11-7-10(13)12-6-5-8-3-1-2-4-9(8)12/h1-6,10,13H,7,11H2. The number of nitrogens with two attached hydrogens (primary N) is 1. The molecule has 0 radical (unpaired) electrons. The average Bonchev–Trinajstić information content (AvgIpc) is 2.60. The highest BCUT2D eigenvalue weighted by atomic mass is 16.3. The van der Waals surface area contributed by atoms with E-state index in [1.54, 1.807) is 4.57 Å². The molecule has 0 amide bonds. The van der Waals surface area contributed by atoms with Gasteiger partial charge >= 0.3 is 0 Å². The highest BCUT2D eigenvalue weighted by Crippen LogP contribution is 2.17. The maximum atomic E-state index is 9.55. The minimum Gasteiger partial charge on any atom is -0.372 e. The molecule has 0 bridgehead atoms. The lowest BCUT2D eigenvalue weighted by Crippen LogP contribution is -2.17. The van der Waals surface area contributed by atoms with Crippen LogP contribution in [0.15, 0.2) is 36.5 Å². The van der Waals surface area contributed by atoms with E-state index >= 15 is 0 Å². The number of rotatable bonds is 2. The van der Waals surface area contributed by atoms with Gasteiger partial charge in [-0.2, -0.15) is 0 Å². The Morgan fingerprint density at radius 3 is 2.85 bits per heavy atom. The third kappa shape index (κ3) is 1.32. The first-order valence-corrected chi connectivity index (χ1v) is 4.26. The van der Waals surface area contributed by atoms with Crippen LogP contribution in [0.3, 0.4) is 0 Å². The Morgan fingerprint density at radius 1 is 1.31 bits per heavy atom. The Kier molecular flexibility index (Phi) is 2.04. The van der Waals surface area contributed by atoms with E-state index in [9.17, 15) is 5.11 Å². The maximum Gasteiger partial charge on any atom is 0.143 e. The van der Waals surface area contributed by atoms with Crippen LogP contribution in [-0.4, -0.2) is 16.2 Å². The van der Waals surface area contributed by atoms with Gasteiger partial charge in [-0.25, -0.2) is 0 Å². The van der Waals surface area contributed by atoms with Crippen LogP contribution >= 0.6 is 0 Å². The lowest BCUT2D eigenvalue weighted by atomic mass is 10.2. The van der Waals surface area contributed by atoms with Gasteiger partial charge in [0.25, 0.3) is 0 Å². The summed E-state index contributed by atoms with van der Waals surface area (Å²) in [6.07, 6.45) is 1.22. The summed E-state index contributed by atoms with van der Waals surface area (Å²) in [5.74, 6) is 0. The molecule has 1 atom stereocenters. The van der Waals surface area contributed by atoms with Crippen molar-refractivity contribution in [3.63, 3.8) is 0 Å². The van der Waals surface area contributed by atoms with Gasteiger partial charge in [0.1, 0.15) is 6.23 Å². The second-order valence-electron chi connectivity index (χ2n) is 3.00. The fraction of sp³-hybridized carbons (Fsp3) is 0.200. The number of hydrogen-bond donors (Lipinski definition) is 2. The van der Waals surface area contributed by atoms with Crippen LogP contribution < -0.4 is 5.73 Å². The van der Waals surface area contributed by atoms with Gasteiger partial charge in [-0.05, 0) is 17.5 Å². The zero-order valence-electron chi connectivity index (χ0n) is 7.22. The minimum atomic E-state index is -0.625. The number of aliphatic hydroxyl groups excluding tert-OH is 1. The van der Waals surface area contributed by atoms with Crippen molar-refractivity contribution in [3.05, 3.63) is 36.5 Å². The molecule has 1 aromatic heterocycles. The number of aliphatic hydroxyl groups is 1. The van der Waals surface area contributed by atoms with Gasteiger partial charge in [-0.3, -0.25) is 0 Å². The van der Waals surface area contributed by atoms with E-state index in [2.05, 4.69) is 0 Å². The Morgan fingerprint density at radius 2 is 2.08 bits per heavy atom. The second-order valence-corrected chi connectivity index (χ2v) is 3.00. The SMILES string of the molecule is NCC(O)n1ccc2ccccc21. The predicted molar refractivity (Wildman–Crippen MR) is 52.2 cm³/mol. The zero-order chi connectivity index (χ0) is 9.26. The summed E-state index contributed by atoms with van der Waals surface area (Å²) in [5.41, 5.74) is 6.40. The molecule has 0 saturated carbocycles. The summed E-state index contributed by atoms with van der Waals surface area (Å²) in [6, 6.07) is 9.86. The molecule has 1 unspecified atom stereocenters. The molecule has 0 fully saturated rings. The molecular formula is C10H12N2O. The number of aromatic nitrogens is 1. The maximum absolute atomic E-state index is 9.55. The fourth-order valence-corrected chi connectivity index (χ4v) is 1.48. The summed E-state index contributed by atoms with van der Waals surface area (Å²) in [6.45, 7) is 0.235. The monoisotopic (exact) mass is 176 g/mol. The Hall–Kier alpha value is -1.32. The lowest BCUT2D eigenvalue weighted by Gasteiger charge is -2.10. The molecule has 1 heterocycles. The summed E-state index contributed by atoms with van der Waals surface area (Å²) >= 11 is 0. The minimum absolute atomic E-state index is 0.235. The highest BCUT2D eigenvalue weighted by molar-refractivity contribution is 5.79. The molecule has 3 heteroatoms. The molecule has 0 aliphatic rings. The smallest absolute Gasteiger partial charge is 0.143 e. The first-order chi connectivity index (χ1) is 6.33. The fourth-order valence-electron chi connectivity index (χ4n) is 1.48. The number of hydrogen-bond acceptors (Lipinski definition) is 2. The molecule has 0 saturated heterocycles. The van der Waals surface area contributed by atoms with Crippen molar-refractivity contribution in [1.29, 1.82) is 0 Å². The molecule has 0 spiro atoms. The van der Waals surface area contributed by atoms with Gasteiger partial charge in [-0.1, -0.05) is 18.2 Å². The van der Waals surface area contributed by atoms with Gasteiger partial charge in [0.05, 0.1) is 5.52 Å². The molecular weight excluding hydrogens is 164 g/mol. The van der Waals surface area contributed by atoms with E-state index in [-0.39, 0.29) is 6.54 Å². The van der Waals surface area contributed by atoms with Crippen molar-refractivity contribution in [2.24, 2.45) is 5.73 Å². The molecule has 0 aliphatic heterocycles. The second kappa shape index (κ2) is 3.20. The van der Waals surface area contributed by atoms with E-state index in [0.717, 1.165) is 10.9 Å². The molecule has 3 N–H and O–H groups in total. The largest absolute Gasteiger partial charge is 0.372 e. The van der Waals surface area contributed by atoms with E-state index in [4.69, 9.17) is 5.73 Å². The Bertz CT molecular complexity index is 408. The molecule has 3 nitrogen and oxygen atoms in total. The van der Waals surface area contributed by atoms with Crippen LogP contribution in [0.25, 0.3) is 10.9 Å². The summed E-state index contributed by atoms with van der Waals surface area (Å²) < 4.78 is 1.77. The topological polar surface area (TPSA) is 51.2 Å². The molecule has 2 aromatic rings. The van der Waals surface area contributed by atoms with Crippen molar-refractivity contribution < 1.29 is 5.11 Å². The van der Waals surface area contributed by atoms with Gasteiger partial charge in [0, 0.05) is 12.7 Å². The van der Waals surface area contributed by atoms with Crippen molar-refractivity contribution in [3.8, 4) is 0 Å². The number of benzene rings is 1. The van der Waals surface area contributed by atoms with Crippen LogP contribution in [0.5, 0.6) is 0 Å². The third-order valence-corrected chi connectivity index (χ3v) is 2.16. The van der Waals surface area contributed by atoms with Crippen molar-refractivity contribution in [1.82, 2.24) is 4.57 Å². The third-order valence-electron chi connectivity index (χ3n) is 2.16. The van der Waals surface area contributed by atoms with Crippen LogP contribution in [0.1, 0.15) is 6.23 Å². The van der Waals surface area contributed by atoms with E-state index in [1.807, 2.05) is 36.5 Å². The van der Waals surface area contributed by atoms with E-state index in [1.165, 1.54) is 0 Å². The van der Waals surface area contributed by atoms with Gasteiger partial charge in [0.15, 0.2) is 0 Å². The van der Waals surface area contributed by atoms with Gasteiger partial charge < -0.3 is 15.4 Å². The lowest BCUT2D eigenvalue weighted by molar-refractivity contribution is 0.118. The first-order valence-electron chi connectivity index (χ1n) is 4.26. The normalized spacial score (nSPS) is 13.4. The molecule has 13 heavy (non-hydrogen) atoms. The quantitative estimate of drug-likeness (QED) is 0.719. The molecule has 2 rings (SSSR count). The van der Waals surface area contributed by atoms with E-state index < -0.39 is 6.23 Å². The van der Waals surface area contributed by atoms with E-state index in [0.29, 0.717) is 0 Å². The van der Waals surface area contributed by atoms with Crippen molar-refractivity contribution >= 4 is 10.9 Å². The van der Waals surface area contributed by atoms with Crippen LogP contribution in [0.4, 0.5) is 0 Å². The van der Waals surface area contributed by atoms with Crippen LogP contribution in [0, 0.1) is 0 Å². The number of nitrogens with zero attached hydrogens (tertiary/aromatic N) is 1. The summed E-state index contributed by atoms with van der Waals surface area (Å²) in [7, 11) is 0. The Balaban J connectivity index is 2.57. The summed E-state index contributed by atoms with van der Waals surface area (Å²) in [4.78, 5) is 0. The summed E-state index contributed by atoms with van der Waals surface area (Å²) in [5, 5.41) is 10.7. The first kappa shape index (κ1) is 8.29. The average molecular weight is 176 g/mol. The van der Waals surface area contributed by atoms with Crippen LogP contribution in [-0.2, 0) is 0 Å². The highest BCUT2D eigenvalue weighted by Gasteiger charge is 2.06.